The molecule has 4 rings (SSSR count). The fourth-order valence-electron chi connectivity index (χ4n) is 3.43. The highest BCUT2D eigenvalue weighted by atomic mass is 19.1. The Morgan fingerprint density at radius 1 is 1.12 bits per heavy atom. The van der Waals surface area contributed by atoms with E-state index in [1.807, 2.05) is 36.5 Å². The average molecular weight is 336 g/mol. The fourth-order valence-corrected chi connectivity index (χ4v) is 3.43. The summed E-state index contributed by atoms with van der Waals surface area (Å²) in [7, 11) is 0. The van der Waals surface area contributed by atoms with E-state index in [1.165, 1.54) is 0 Å². The molecule has 3 aromatic rings. The van der Waals surface area contributed by atoms with Crippen molar-refractivity contribution in [1.29, 1.82) is 0 Å². The van der Waals surface area contributed by atoms with Crippen LogP contribution in [0.15, 0.2) is 48.7 Å². The Kier molecular flexibility index (Phi) is 4.36. The molecule has 0 spiro atoms. The van der Waals surface area contributed by atoms with E-state index in [1.54, 1.807) is 12.1 Å². The lowest BCUT2D eigenvalue weighted by Crippen LogP contribution is -2.34. The first-order valence-corrected chi connectivity index (χ1v) is 8.74. The Morgan fingerprint density at radius 3 is 2.72 bits per heavy atom. The second-order valence-electron chi connectivity index (χ2n) is 6.53. The van der Waals surface area contributed by atoms with Crippen molar-refractivity contribution in [2.45, 2.75) is 25.9 Å². The van der Waals surface area contributed by atoms with Gasteiger partial charge in [0.25, 0.3) is 0 Å². The van der Waals surface area contributed by atoms with Gasteiger partial charge in [-0.25, -0.2) is 4.39 Å². The largest absolute Gasteiger partial charge is 0.487 e. The fraction of sp³-hybridized carbons (Fsp3) is 0.286. The number of pyridine rings is 1. The zero-order valence-electron chi connectivity index (χ0n) is 14.3. The van der Waals surface area contributed by atoms with E-state index < -0.39 is 0 Å². The molecule has 1 N–H and O–H groups in total. The first-order chi connectivity index (χ1) is 12.2. The van der Waals surface area contributed by atoms with Crippen LogP contribution in [0.4, 0.5) is 4.39 Å². The monoisotopic (exact) mass is 336 g/mol. The van der Waals surface area contributed by atoms with Crippen molar-refractivity contribution in [3.8, 4) is 16.9 Å². The van der Waals surface area contributed by atoms with Gasteiger partial charge in [0.2, 0.25) is 0 Å². The molecule has 2 heterocycles. The number of fused-ring (bicyclic) bond motifs is 1. The maximum Gasteiger partial charge on any atom is 0.165 e. The molecular weight excluding hydrogens is 315 g/mol. The molecule has 0 aliphatic carbocycles. The number of benzene rings is 2. The lowest BCUT2D eigenvalue weighted by molar-refractivity contribution is 0.156. The highest BCUT2D eigenvalue weighted by molar-refractivity contribution is 5.88. The predicted molar refractivity (Wildman–Crippen MR) is 98.4 cm³/mol. The molecule has 1 saturated heterocycles. The summed E-state index contributed by atoms with van der Waals surface area (Å²) in [6.07, 6.45) is 3.73. The van der Waals surface area contributed by atoms with Crippen molar-refractivity contribution in [2.75, 3.05) is 13.1 Å². The quantitative estimate of drug-likeness (QED) is 0.766. The van der Waals surface area contributed by atoms with Crippen LogP contribution < -0.4 is 10.1 Å². The van der Waals surface area contributed by atoms with Crippen molar-refractivity contribution >= 4 is 10.9 Å². The van der Waals surface area contributed by atoms with Crippen LogP contribution in [-0.4, -0.2) is 24.2 Å². The Bertz CT molecular complexity index is 904. The van der Waals surface area contributed by atoms with E-state index in [0.717, 1.165) is 53.5 Å². The molecule has 0 amide bonds. The van der Waals surface area contributed by atoms with Gasteiger partial charge in [-0.05, 0) is 62.2 Å². The minimum absolute atomic E-state index is 0.0886. The summed E-state index contributed by atoms with van der Waals surface area (Å²) in [6.45, 7) is 3.90. The maximum atomic E-state index is 14.6. The molecule has 1 aliphatic rings. The van der Waals surface area contributed by atoms with Crippen LogP contribution in [-0.2, 0) is 0 Å². The van der Waals surface area contributed by atoms with Gasteiger partial charge in [0.1, 0.15) is 6.10 Å². The van der Waals surface area contributed by atoms with E-state index in [0.29, 0.717) is 5.75 Å². The third-order valence-electron chi connectivity index (χ3n) is 4.87. The molecule has 4 heteroatoms. The second kappa shape index (κ2) is 6.81. The number of aromatic nitrogens is 1. The summed E-state index contributed by atoms with van der Waals surface area (Å²) in [5.41, 5.74) is 3.84. The molecule has 1 aliphatic heterocycles. The maximum absolute atomic E-state index is 14.6. The lowest BCUT2D eigenvalue weighted by Gasteiger charge is -2.24. The first-order valence-electron chi connectivity index (χ1n) is 8.74. The second-order valence-corrected chi connectivity index (χ2v) is 6.53. The number of rotatable bonds is 3. The SMILES string of the molecule is Cc1c(-c2ccc(OC3CCNCC3)c(F)c2)cnc2ccccc12. The van der Waals surface area contributed by atoms with Crippen molar-refractivity contribution in [3.63, 3.8) is 0 Å². The number of halogens is 1. The van der Waals surface area contributed by atoms with E-state index in [-0.39, 0.29) is 11.9 Å². The average Bonchev–Trinajstić information content (AvgIpc) is 2.65. The molecule has 1 aromatic heterocycles. The number of nitrogens with one attached hydrogen (secondary N) is 1. The summed E-state index contributed by atoms with van der Waals surface area (Å²) in [5, 5.41) is 4.38. The molecule has 3 nitrogen and oxygen atoms in total. The Balaban J connectivity index is 1.65. The van der Waals surface area contributed by atoms with Gasteiger partial charge in [-0.3, -0.25) is 4.98 Å². The predicted octanol–water partition coefficient (Wildman–Crippen LogP) is 4.48. The number of aryl methyl sites for hydroxylation is 1. The highest BCUT2D eigenvalue weighted by Gasteiger charge is 2.17. The smallest absolute Gasteiger partial charge is 0.165 e. The standard InChI is InChI=1S/C21H21FN2O/c1-14-17-4-2-3-5-20(17)24-13-18(14)15-6-7-21(19(22)12-15)25-16-8-10-23-11-9-16/h2-7,12-13,16,23H,8-11H2,1H3. The van der Waals surface area contributed by atoms with Gasteiger partial charge >= 0.3 is 0 Å². The molecule has 0 atom stereocenters. The third kappa shape index (κ3) is 3.22. The number of para-hydroxylation sites is 1. The molecule has 128 valence electrons. The van der Waals surface area contributed by atoms with E-state index in [2.05, 4.69) is 17.2 Å². The Morgan fingerprint density at radius 2 is 1.92 bits per heavy atom. The number of hydrogen-bond donors (Lipinski definition) is 1. The van der Waals surface area contributed by atoms with Gasteiger partial charge in [0.15, 0.2) is 11.6 Å². The van der Waals surface area contributed by atoms with Gasteiger partial charge in [-0.1, -0.05) is 24.3 Å². The number of nitrogens with zero attached hydrogens (tertiary/aromatic N) is 1. The van der Waals surface area contributed by atoms with Gasteiger partial charge in [-0.2, -0.15) is 0 Å². The minimum atomic E-state index is -0.316. The van der Waals surface area contributed by atoms with E-state index in [9.17, 15) is 4.39 Å². The molecule has 0 saturated carbocycles. The third-order valence-corrected chi connectivity index (χ3v) is 4.87. The Labute approximate surface area is 146 Å². The summed E-state index contributed by atoms with van der Waals surface area (Å²) < 4.78 is 20.4. The van der Waals surface area contributed by atoms with Crippen molar-refractivity contribution in [2.24, 2.45) is 0 Å². The minimum Gasteiger partial charge on any atom is -0.487 e. The number of hydrogen-bond acceptors (Lipinski definition) is 3. The van der Waals surface area contributed by atoms with Gasteiger partial charge in [0, 0.05) is 17.1 Å². The Hall–Kier alpha value is -2.46. The molecule has 0 bridgehead atoms. The van der Waals surface area contributed by atoms with Gasteiger partial charge < -0.3 is 10.1 Å². The molecule has 2 aromatic carbocycles. The molecular formula is C21H21FN2O. The number of ether oxygens (including phenoxy) is 1. The normalized spacial score (nSPS) is 15.4. The van der Waals surface area contributed by atoms with Crippen LogP contribution in [0.5, 0.6) is 5.75 Å². The molecule has 0 radical (unpaired) electrons. The zero-order chi connectivity index (χ0) is 17.2. The topological polar surface area (TPSA) is 34.1 Å². The van der Waals surface area contributed by atoms with Crippen LogP contribution in [0.2, 0.25) is 0 Å². The lowest BCUT2D eigenvalue weighted by atomic mass is 9.99. The van der Waals surface area contributed by atoms with Crippen molar-refractivity contribution < 1.29 is 9.13 Å². The summed E-state index contributed by atoms with van der Waals surface area (Å²) >= 11 is 0. The van der Waals surface area contributed by atoms with Gasteiger partial charge in [-0.15, -0.1) is 0 Å². The highest BCUT2D eigenvalue weighted by Crippen LogP contribution is 2.31. The van der Waals surface area contributed by atoms with Crippen molar-refractivity contribution in [1.82, 2.24) is 10.3 Å². The van der Waals surface area contributed by atoms with Crippen LogP contribution in [0.3, 0.4) is 0 Å². The van der Waals surface area contributed by atoms with Crippen LogP contribution in [0.1, 0.15) is 18.4 Å². The van der Waals surface area contributed by atoms with Gasteiger partial charge in [0.05, 0.1) is 5.52 Å². The van der Waals surface area contributed by atoms with E-state index in [4.69, 9.17) is 4.74 Å². The summed E-state index contributed by atoms with van der Waals surface area (Å²) in [6, 6.07) is 13.2. The zero-order valence-corrected chi connectivity index (χ0v) is 14.3. The van der Waals surface area contributed by atoms with E-state index >= 15 is 0 Å². The molecule has 25 heavy (non-hydrogen) atoms. The van der Waals surface area contributed by atoms with Crippen LogP contribution in [0.25, 0.3) is 22.0 Å². The van der Waals surface area contributed by atoms with Crippen LogP contribution >= 0.6 is 0 Å². The molecule has 0 unspecified atom stereocenters. The van der Waals surface area contributed by atoms with Crippen LogP contribution in [0, 0.1) is 12.7 Å². The van der Waals surface area contributed by atoms with Crippen molar-refractivity contribution in [3.05, 3.63) is 60.0 Å². The first kappa shape index (κ1) is 16.0. The molecule has 1 fully saturated rings. The number of piperidine rings is 1. The summed E-state index contributed by atoms with van der Waals surface area (Å²) in [4.78, 5) is 4.50. The summed E-state index contributed by atoms with van der Waals surface area (Å²) in [5.74, 6) is 0.0191.